The molecule has 0 radical (unpaired) electrons. The van der Waals surface area contributed by atoms with Gasteiger partial charge in [-0.25, -0.2) is 0 Å². The van der Waals surface area contributed by atoms with E-state index in [2.05, 4.69) is 53.3 Å². The van der Waals surface area contributed by atoms with E-state index in [0.29, 0.717) is 6.04 Å². The lowest BCUT2D eigenvalue weighted by Crippen LogP contribution is -2.16. The molecule has 0 saturated heterocycles. The van der Waals surface area contributed by atoms with Crippen molar-refractivity contribution in [3.05, 3.63) is 33.8 Å². The third-order valence-electron chi connectivity index (χ3n) is 2.91. The number of benzene rings is 1. The molecule has 0 saturated carbocycles. The van der Waals surface area contributed by atoms with Gasteiger partial charge >= 0.3 is 0 Å². The Kier molecular flexibility index (Phi) is 6.07. The average Bonchev–Trinajstić information content (AvgIpc) is 2.23. The molecule has 0 spiro atoms. The highest BCUT2D eigenvalue weighted by Gasteiger charge is 2.09. The Hall–Kier alpha value is -0.340. The SMILES string of the molecule is CCCCCC(NC)c1cc(C)cc(Br)c1. The summed E-state index contributed by atoms with van der Waals surface area (Å²) in [5, 5.41) is 3.41. The molecule has 1 aromatic carbocycles. The van der Waals surface area contributed by atoms with Crippen LogP contribution in [-0.4, -0.2) is 7.05 Å². The zero-order valence-electron chi connectivity index (χ0n) is 10.5. The van der Waals surface area contributed by atoms with Crippen molar-refractivity contribution in [2.75, 3.05) is 7.05 Å². The lowest BCUT2D eigenvalue weighted by Gasteiger charge is -2.17. The van der Waals surface area contributed by atoms with E-state index in [9.17, 15) is 0 Å². The number of rotatable bonds is 6. The lowest BCUT2D eigenvalue weighted by atomic mass is 9.99. The molecule has 1 rings (SSSR count). The van der Waals surface area contributed by atoms with Gasteiger partial charge in [0.2, 0.25) is 0 Å². The average molecular weight is 284 g/mol. The van der Waals surface area contributed by atoms with Crippen LogP contribution in [0.25, 0.3) is 0 Å². The molecule has 90 valence electrons. The topological polar surface area (TPSA) is 12.0 Å². The molecule has 0 fully saturated rings. The monoisotopic (exact) mass is 283 g/mol. The molecular weight excluding hydrogens is 262 g/mol. The molecule has 1 nitrogen and oxygen atoms in total. The first-order valence-electron chi connectivity index (χ1n) is 6.11. The van der Waals surface area contributed by atoms with Crippen molar-refractivity contribution in [3.63, 3.8) is 0 Å². The van der Waals surface area contributed by atoms with Crippen LogP contribution in [0.4, 0.5) is 0 Å². The van der Waals surface area contributed by atoms with Crippen LogP contribution in [0.2, 0.25) is 0 Å². The van der Waals surface area contributed by atoms with Gasteiger partial charge in [-0.3, -0.25) is 0 Å². The van der Waals surface area contributed by atoms with Crippen LogP contribution < -0.4 is 5.32 Å². The highest BCUT2D eigenvalue weighted by molar-refractivity contribution is 9.10. The van der Waals surface area contributed by atoms with Crippen molar-refractivity contribution in [3.8, 4) is 0 Å². The summed E-state index contributed by atoms with van der Waals surface area (Å²) < 4.78 is 1.18. The first kappa shape index (κ1) is 13.7. The van der Waals surface area contributed by atoms with E-state index < -0.39 is 0 Å². The predicted octanol–water partition coefficient (Wildman–Crippen LogP) is 4.60. The maximum atomic E-state index is 3.56. The summed E-state index contributed by atoms with van der Waals surface area (Å²) >= 11 is 3.56. The molecular formula is C14H22BrN. The summed E-state index contributed by atoms with van der Waals surface area (Å²) in [4.78, 5) is 0. The number of halogens is 1. The van der Waals surface area contributed by atoms with Crippen LogP contribution in [0.1, 0.15) is 49.8 Å². The highest BCUT2D eigenvalue weighted by atomic mass is 79.9. The summed E-state index contributed by atoms with van der Waals surface area (Å²) in [5.74, 6) is 0. The van der Waals surface area contributed by atoms with Crippen LogP contribution in [0, 0.1) is 6.92 Å². The van der Waals surface area contributed by atoms with E-state index >= 15 is 0 Å². The Morgan fingerprint density at radius 2 is 2.00 bits per heavy atom. The minimum Gasteiger partial charge on any atom is -0.313 e. The Morgan fingerprint density at radius 1 is 1.25 bits per heavy atom. The molecule has 0 aromatic heterocycles. The number of hydrogen-bond acceptors (Lipinski definition) is 1. The van der Waals surface area contributed by atoms with E-state index in [4.69, 9.17) is 0 Å². The second kappa shape index (κ2) is 7.08. The van der Waals surface area contributed by atoms with Crippen molar-refractivity contribution in [2.24, 2.45) is 0 Å². The van der Waals surface area contributed by atoms with Crippen LogP contribution in [0.15, 0.2) is 22.7 Å². The zero-order valence-corrected chi connectivity index (χ0v) is 12.1. The van der Waals surface area contributed by atoms with Crippen LogP contribution >= 0.6 is 15.9 Å². The molecule has 1 N–H and O–H groups in total. The van der Waals surface area contributed by atoms with Crippen molar-refractivity contribution < 1.29 is 0 Å². The summed E-state index contributed by atoms with van der Waals surface area (Å²) in [7, 11) is 2.05. The minimum absolute atomic E-state index is 0.489. The predicted molar refractivity (Wildman–Crippen MR) is 74.8 cm³/mol. The maximum absolute atomic E-state index is 3.56. The van der Waals surface area contributed by atoms with Gasteiger partial charge in [0, 0.05) is 10.5 Å². The smallest absolute Gasteiger partial charge is 0.0318 e. The molecule has 0 amide bonds. The van der Waals surface area contributed by atoms with Gasteiger partial charge in [0.1, 0.15) is 0 Å². The fraction of sp³-hybridized carbons (Fsp3) is 0.571. The van der Waals surface area contributed by atoms with Crippen LogP contribution in [-0.2, 0) is 0 Å². The van der Waals surface area contributed by atoms with Gasteiger partial charge in [0.05, 0.1) is 0 Å². The summed E-state index contributed by atoms with van der Waals surface area (Å²) in [5.41, 5.74) is 2.71. The highest BCUT2D eigenvalue weighted by Crippen LogP contribution is 2.24. The van der Waals surface area contributed by atoms with E-state index in [1.807, 2.05) is 7.05 Å². The zero-order chi connectivity index (χ0) is 12.0. The van der Waals surface area contributed by atoms with Crippen molar-refractivity contribution in [1.29, 1.82) is 0 Å². The normalized spacial score (nSPS) is 12.8. The molecule has 0 aliphatic carbocycles. The Balaban J connectivity index is 2.70. The molecule has 0 bridgehead atoms. The number of aryl methyl sites for hydroxylation is 1. The number of unbranched alkanes of at least 4 members (excludes halogenated alkanes) is 2. The number of hydrogen-bond donors (Lipinski definition) is 1. The first-order valence-corrected chi connectivity index (χ1v) is 6.91. The third-order valence-corrected chi connectivity index (χ3v) is 3.37. The van der Waals surface area contributed by atoms with Gasteiger partial charge in [-0.05, 0) is 43.7 Å². The van der Waals surface area contributed by atoms with Gasteiger partial charge in [-0.1, -0.05) is 48.2 Å². The largest absolute Gasteiger partial charge is 0.313 e. The van der Waals surface area contributed by atoms with Crippen molar-refractivity contribution >= 4 is 15.9 Å². The Bertz CT molecular complexity index is 302. The summed E-state index contributed by atoms with van der Waals surface area (Å²) in [6.07, 6.45) is 5.13. The standard InChI is InChI=1S/C14H22BrN/c1-4-5-6-7-14(16-3)12-8-11(2)9-13(15)10-12/h8-10,14,16H,4-7H2,1-3H3. The molecule has 0 aliphatic rings. The van der Waals surface area contributed by atoms with E-state index in [1.165, 1.54) is 41.3 Å². The van der Waals surface area contributed by atoms with Gasteiger partial charge in [-0.15, -0.1) is 0 Å². The molecule has 1 atom stereocenters. The van der Waals surface area contributed by atoms with E-state index in [0.717, 1.165) is 0 Å². The molecule has 0 heterocycles. The molecule has 1 aromatic rings. The fourth-order valence-corrected chi connectivity index (χ4v) is 2.67. The van der Waals surface area contributed by atoms with Gasteiger partial charge in [0.15, 0.2) is 0 Å². The van der Waals surface area contributed by atoms with Gasteiger partial charge in [0.25, 0.3) is 0 Å². The van der Waals surface area contributed by atoms with Crippen molar-refractivity contribution in [1.82, 2.24) is 5.32 Å². The maximum Gasteiger partial charge on any atom is 0.0318 e. The van der Waals surface area contributed by atoms with E-state index in [-0.39, 0.29) is 0 Å². The Labute approximate surface area is 108 Å². The van der Waals surface area contributed by atoms with Crippen LogP contribution in [0.5, 0.6) is 0 Å². The fourth-order valence-electron chi connectivity index (χ4n) is 2.04. The Morgan fingerprint density at radius 3 is 2.56 bits per heavy atom. The van der Waals surface area contributed by atoms with Gasteiger partial charge < -0.3 is 5.32 Å². The first-order chi connectivity index (χ1) is 7.67. The van der Waals surface area contributed by atoms with Gasteiger partial charge in [-0.2, -0.15) is 0 Å². The summed E-state index contributed by atoms with van der Waals surface area (Å²) in [6.45, 7) is 4.39. The minimum atomic E-state index is 0.489. The second-order valence-electron chi connectivity index (χ2n) is 4.40. The number of nitrogens with one attached hydrogen (secondary N) is 1. The lowest BCUT2D eigenvalue weighted by molar-refractivity contribution is 0.511. The molecule has 0 aliphatic heterocycles. The molecule has 1 unspecified atom stereocenters. The molecule has 16 heavy (non-hydrogen) atoms. The summed E-state index contributed by atoms with van der Waals surface area (Å²) in [6, 6.07) is 7.14. The third kappa shape index (κ3) is 4.26. The second-order valence-corrected chi connectivity index (χ2v) is 5.31. The quantitative estimate of drug-likeness (QED) is 0.753. The van der Waals surface area contributed by atoms with Crippen molar-refractivity contribution in [2.45, 2.75) is 45.6 Å². The van der Waals surface area contributed by atoms with Crippen LogP contribution in [0.3, 0.4) is 0 Å². The van der Waals surface area contributed by atoms with E-state index in [1.54, 1.807) is 0 Å². The molecule has 2 heteroatoms.